The summed E-state index contributed by atoms with van der Waals surface area (Å²) < 4.78 is 1.92. The van der Waals surface area contributed by atoms with Crippen molar-refractivity contribution in [3.8, 4) is 16.9 Å². The van der Waals surface area contributed by atoms with E-state index in [-0.39, 0.29) is 0 Å². The molecule has 2 aromatic carbocycles. The predicted octanol–water partition coefficient (Wildman–Crippen LogP) is 3.96. The molecule has 3 aromatic rings. The maximum atomic E-state index is 6.24. The van der Waals surface area contributed by atoms with E-state index in [4.69, 9.17) is 17.3 Å². The first-order valence-corrected chi connectivity index (χ1v) is 7.18. The van der Waals surface area contributed by atoms with Crippen LogP contribution in [0.2, 0.25) is 5.02 Å². The maximum absolute atomic E-state index is 6.24. The Kier molecular flexibility index (Phi) is 3.78. The van der Waals surface area contributed by atoms with Gasteiger partial charge in [0, 0.05) is 17.1 Å². The Bertz CT molecular complexity index is 763. The Balaban J connectivity index is 2.23. The van der Waals surface area contributed by atoms with Crippen LogP contribution >= 0.6 is 11.6 Å². The van der Waals surface area contributed by atoms with E-state index in [2.05, 4.69) is 17.2 Å². The van der Waals surface area contributed by atoms with Gasteiger partial charge in [0.15, 0.2) is 0 Å². The van der Waals surface area contributed by atoms with Gasteiger partial charge in [-0.1, -0.05) is 48.0 Å². The molecular weight excluding hydrogens is 282 g/mol. The van der Waals surface area contributed by atoms with Crippen molar-refractivity contribution in [2.24, 2.45) is 5.73 Å². The number of halogens is 1. The molecule has 3 rings (SSSR count). The van der Waals surface area contributed by atoms with Crippen LogP contribution in [0.4, 0.5) is 0 Å². The summed E-state index contributed by atoms with van der Waals surface area (Å²) in [5, 5.41) is 5.34. The monoisotopic (exact) mass is 297 g/mol. The van der Waals surface area contributed by atoms with E-state index in [0.29, 0.717) is 6.54 Å². The highest BCUT2D eigenvalue weighted by molar-refractivity contribution is 6.31. The van der Waals surface area contributed by atoms with Crippen molar-refractivity contribution in [2.45, 2.75) is 13.5 Å². The number of aromatic nitrogens is 2. The molecule has 0 aliphatic rings. The minimum Gasteiger partial charge on any atom is -0.325 e. The number of nitrogens with two attached hydrogens (primary N) is 1. The van der Waals surface area contributed by atoms with Crippen molar-refractivity contribution in [3.05, 3.63) is 70.9 Å². The SMILES string of the molecule is Cc1c(Cl)cccc1-n1nc(CN)cc1-c1ccccc1. The summed E-state index contributed by atoms with van der Waals surface area (Å²) in [5.74, 6) is 0. The van der Waals surface area contributed by atoms with Gasteiger partial charge in [-0.3, -0.25) is 0 Å². The second-order valence-corrected chi connectivity index (χ2v) is 5.29. The van der Waals surface area contributed by atoms with E-state index >= 15 is 0 Å². The fraction of sp³-hybridized carbons (Fsp3) is 0.118. The van der Waals surface area contributed by atoms with Gasteiger partial charge in [-0.25, -0.2) is 4.68 Å². The van der Waals surface area contributed by atoms with Gasteiger partial charge in [-0.05, 0) is 30.7 Å². The third kappa shape index (κ3) is 2.58. The van der Waals surface area contributed by atoms with Gasteiger partial charge in [0.1, 0.15) is 0 Å². The number of benzene rings is 2. The third-order valence-corrected chi connectivity index (χ3v) is 3.92. The molecule has 106 valence electrons. The number of hydrogen-bond acceptors (Lipinski definition) is 2. The van der Waals surface area contributed by atoms with Crippen molar-refractivity contribution >= 4 is 11.6 Å². The fourth-order valence-corrected chi connectivity index (χ4v) is 2.52. The zero-order chi connectivity index (χ0) is 14.8. The normalized spacial score (nSPS) is 10.8. The molecule has 0 amide bonds. The predicted molar refractivity (Wildman–Crippen MR) is 86.6 cm³/mol. The summed E-state index contributed by atoms with van der Waals surface area (Å²) in [4.78, 5) is 0. The highest BCUT2D eigenvalue weighted by Gasteiger charge is 2.13. The number of rotatable bonds is 3. The topological polar surface area (TPSA) is 43.8 Å². The largest absolute Gasteiger partial charge is 0.325 e. The molecule has 0 bridgehead atoms. The summed E-state index contributed by atoms with van der Waals surface area (Å²) in [6.07, 6.45) is 0. The van der Waals surface area contributed by atoms with Crippen molar-refractivity contribution < 1.29 is 0 Å². The van der Waals surface area contributed by atoms with Gasteiger partial charge in [0.05, 0.1) is 17.1 Å². The Morgan fingerprint density at radius 1 is 1.10 bits per heavy atom. The maximum Gasteiger partial charge on any atom is 0.0771 e. The fourth-order valence-electron chi connectivity index (χ4n) is 2.35. The molecule has 2 N–H and O–H groups in total. The molecular formula is C17H16ClN3. The van der Waals surface area contributed by atoms with Crippen LogP contribution in [-0.2, 0) is 6.54 Å². The van der Waals surface area contributed by atoms with Crippen LogP contribution in [0.25, 0.3) is 16.9 Å². The molecule has 0 unspecified atom stereocenters. The summed E-state index contributed by atoms with van der Waals surface area (Å²) in [6.45, 7) is 2.41. The van der Waals surface area contributed by atoms with Gasteiger partial charge in [0.2, 0.25) is 0 Å². The first kappa shape index (κ1) is 13.9. The lowest BCUT2D eigenvalue weighted by atomic mass is 10.1. The molecule has 0 radical (unpaired) electrons. The van der Waals surface area contributed by atoms with Gasteiger partial charge in [0.25, 0.3) is 0 Å². The minimum atomic E-state index is 0.409. The van der Waals surface area contributed by atoms with Gasteiger partial charge in [-0.2, -0.15) is 5.10 Å². The molecule has 1 heterocycles. The number of nitrogens with zero attached hydrogens (tertiary/aromatic N) is 2. The van der Waals surface area contributed by atoms with Crippen LogP contribution in [0.3, 0.4) is 0 Å². The van der Waals surface area contributed by atoms with E-state index in [1.54, 1.807) is 0 Å². The van der Waals surface area contributed by atoms with Crippen LogP contribution in [0.1, 0.15) is 11.3 Å². The number of hydrogen-bond donors (Lipinski definition) is 1. The minimum absolute atomic E-state index is 0.409. The molecule has 1 aromatic heterocycles. The molecule has 0 fully saturated rings. The average molecular weight is 298 g/mol. The van der Waals surface area contributed by atoms with E-state index in [1.165, 1.54) is 0 Å². The molecule has 4 heteroatoms. The van der Waals surface area contributed by atoms with E-state index < -0.39 is 0 Å². The Morgan fingerprint density at radius 2 is 1.86 bits per heavy atom. The average Bonchev–Trinajstić information content (AvgIpc) is 2.95. The second-order valence-electron chi connectivity index (χ2n) is 4.89. The molecule has 0 spiro atoms. The second kappa shape index (κ2) is 5.72. The molecule has 0 aliphatic heterocycles. The Hall–Kier alpha value is -2.10. The van der Waals surface area contributed by atoms with Gasteiger partial charge in [-0.15, -0.1) is 0 Å². The van der Waals surface area contributed by atoms with E-state index in [0.717, 1.165) is 33.2 Å². The smallest absolute Gasteiger partial charge is 0.0771 e. The molecule has 21 heavy (non-hydrogen) atoms. The van der Waals surface area contributed by atoms with Crippen molar-refractivity contribution in [2.75, 3.05) is 0 Å². The Labute approximate surface area is 129 Å². The lowest BCUT2D eigenvalue weighted by molar-refractivity contribution is 0.833. The third-order valence-electron chi connectivity index (χ3n) is 3.51. The van der Waals surface area contributed by atoms with Crippen molar-refractivity contribution in [1.29, 1.82) is 0 Å². The van der Waals surface area contributed by atoms with Gasteiger partial charge >= 0.3 is 0 Å². The zero-order valence-corrected chi connectivity index (χ0v) is 12.5. The summed E-state index contributed by atoms with van der Waals surface area (Å²) in [6, 6.07) is 18.0. The lowest BCUT2D eigenvalue weighted by Gasteiger charge is -2.11. The van der Waals surface area contributed by atoms with E-state index in [9.17, 15) is 0 Å². The van der Waals surface area contributed by atoms with E-state index in [1.807, 2.05) is 54.1 Å². The van der Waals surface area contributed by atoms with Crippen LogP contribution < -0.4 is 5.73 Å². The highest BCUT2D eigenvalue weighted by Crippen LogP contribution is 2.28. The molecule has 0 aliphatic carbocycles. The summed E-state index contributed by atoms with van der Waals surface area (Å²) in [5.41, 5.74) is 10.7. The molecule has 0 saturated heterocycles. The molecule has 3 nitrogen and oxygen atoms in total. The first-order chi connectivity index (χ1) is 10.2. The quantitative estimate of drug-likeness (QED) is 0.795. The molecule has 0 saturated carbocycles. The molecule has 0 atom stereocenters. The first-order valence-electron chi connectivity index (χ1n) is 6.80. The van der Waals surface area contributed by atoms with Crippen molar-refractivity contribution in [3.63, 3.8) is 0 Å². The van der Waals surface area contributed by atoms with Crippen LogP contribution in [0.15, 0.2) is 54.6 Å². The van der Waals surface area contributed by atoms with Crippen molar-refractivity contribution in [1.82, 2.24) is 9.78 Å². The zero-order valence-electron chi connectivity index (χ0n) is 11.8. The summed E-state index contributed by atoms with van der Waals surface area (Å²) >= 11 is 6.24. The summed E-state index contributed by atoms with van der Waals surface area (Å²) in [7, 11) is 0. The standard InChI is InChI=1S/C17H16ClN3/c1-12-15(18)8-5-9-16(12)21-17(10-14(11-19)20-21)13-6-3-2-4-7-13/h2-10H,11,19H2,1H3. The van der Waals surface area contributed by atoms with Gasteiger partial charge < -0.3 is 5.73 Å². The van der Waals surface area contributed by atoms with Crippen LogP contribution in [-0.4, -0.2) is 9.78 Å². The van der Waals surface area contributed by atoms with Crippen LogP contribution in [0.5, 0.6) is 0 Å². The lowest BCUT2D eigenvalue weighted by Crippen LogP contribution is -2.03. The van der Waals surface area contributed by atoms with Crippen LogP contribution in [0, 0.1) is 6.92 Å². The Morgan fingerprint density at radius 3 is 2.57 bits per heavy atom. The highest BCUT2D eigenvalue weighted by atomic mass is 35.5.